The van der Waals surface area contributed by atoms with E-state index in [2.05, 4.69) is 4.74 Å². The van der Waals surface area contributed by atoms with Gasteiger partial charge in [0.25, 0.3) is 0 Å². The van der Waals surface area contributed by atoms with Crippen molar-refractivity contribution in [1.82, 2.24) is 0 Å². The summed E-state index contributed by atoms with van der Waals surface area (Å²) in [4.78, 5) is 0. The molecule has 0 aliphatic rings. The van der Waals surface area contributed by atoms with Crippen LogP contribution in [0.2, 0.25) is 0 Å². The molecular weight excluding hydrogens is 233 g/mol. The van der Waals surface area contributed by atoms with Crippen LogP contribution in [0.25, 0.3) is 6.08 Å². The van der Waals surface area contributed by atoms with E-state index in [1.807, 2.05) is 0 Å². The van der Waals surface area contributed by atoms with Crippen LogP contribution in [-0.4, -0.2) is 6.61 Å². The third-order valence-corrected chi connectivity index (χ3v) is 1.75. The summed E-state index contributed by atoms with van der Waals surface area (Å²) in [6, 6.07) is 6.60. The summed E-state index contributed by atoms with van der Waals surface area (Å²) in [5.41, 5.74) is -0.501. The van der Waals surface area contributed by atoms with Crippen molar-refractivity contribution < 1.29 is 17.9 Å². The van der Waals surface area contributed by atoms with E-state index in [0.29, 0.717) is 0 Å². The van der Waals surface area contributed by atoms with Gasteiger partial charge in [-0.1, -0.05) is 12.1 Å². The van der Waals surface area contributed by atoms with Crippen LogP contribution in [0.1, 0.15) is 5.56 Å². The number of ether oxygens (including phenoxy) is 1. The molecule has 1 aromatic carbocycles. The molecule has 0 heterocycles. The van der Waals surface area contributed by atoms with Crippen LogP contribution in [0.4, 0.5) is 13.2 Å². The molecule has 0 unspecified atom stereocenters. The van der Waals surface area contributed by atoms with Crippen molar-refractivity contribution in [3.8, 4) is 17.9 Å². The number of hydrogen-bond acceptors (Lipinski definition) is 3. The summed E-state index contributed by atoms with van der Waals surface area (Å²) in [6.45, 7) is -3.14. The number of halogens is 3. The second kappa shape index (κ2) is 5.57. The molecule has 0 saturated heterocycles. The Kier molecular flexibility index (Phi) is 4.13. The summed E-state index contributed by atoms with van der Waals surface area (Å²) in [6.07, 6.45) is 0.952. The minimum Gasteiger partial charge on any atom is -0.432 e. The number of benzene rings is 1. The van der Waals surface area contributed by atoms with Crippen molar-refractivity contribution in [2.75, 3.05) is 0 Å². The lowest BCUT2D eigenvalue weighted by Crippen LogP contribution is -2.04. The van der Waals surface area contributed by atoms with E-state index in [1.165, 1.54) is 24.3 Å². The van der Waals surface area contributed by atoms with Gasteiger partial charge in [0, 0.05) is 5.56 Å². The van der Waals surface area contributed by atoms with Gasteiger partial charge in [0.05, 0.1) is 0 Å². The van der Waals surface area contributed by atoms with Gasteiger partial charge < -0.3 is 4.74 Å². The fourth-order valence-electron chi connectivity index (χ4n) is 1.07. The number of nitriles is 2. The maximum absolute atomic E-state index is 13.5. The molecule has 0 saturated carbocycles. The highest BCUT2D eigenvalue weighted by Crippen LogP contribution is 2.23. The van der Waals surface area contributed by atoms with E-state index in [0.717, 1.165) is 12.1 Å². The largest absolute Gasteiger partial charge is 0.432 e. The van der Waals surface area contributed by atoms with E-state index in [1.54, 1.807) is 0 Å². The van der Waals surface area contributed by atoms with Crippen LogP contribution in [0.3, 0.4) is 0 Å². The number of nitrogens with zero attached hydrogens (tertiary/aromatic N) is 2. The Morgan fingerprint density at radius 1 is 1.29 bits per heavy atom. The first-order chi connectivity index (χ1) is 8.08. The van der Waals surface area contributed by atoms with E-state index in [-0.39, 0.29) is 11.1 Å². The number of allylic oxidation sites excluding steroid dienone is 1. The van der Waals surface area contributed by atoms with Gasteiger partial charge in [-0.2, -0.15) is 19.3 Å². The summed E-state index contributed by atoms with van der Waals surface area (Å²) in [5, 5.41) is 17.0. The highest BCUT2D eigenvalue weighted by molar-refractivity contribution is 5.63. The molecule has 1 aromatic rings. The molecule has 0 aromatic heterocycles. The predicted molar refractivity (Wildman–Crippen MR) is 52.2 cm³/mol. The maximum Gasteiger partial charge on any atom is 0.387 e. The molecule has 86 valence electrons. The van der Waals surface area contributed by atoms with Gasteiger partial charge in [0.15, 0.2) is 11.6 Å². The highest BCUT2D eigenvalue weighted by atomic mass is 19.3. The molecule has 0 spiro atoms. The molecule has 0 amide bonds. The Morgan fingerprint density at radius 3 is 2.47 bits per heavy atom. The zero-order valence-electron chi connectivity index (χ0n) is 8.32. The van der Waals surface area contributed by atoms with Crippen molar-refractivity contribution in [2.45, 2.75) is 6.61 Å². The van der Waals surface area contributed by atoms with Gasteiger partial charge in [-0.05, 0) is 12.1 Å². The molecule has 6 heteroatoms. The molecule has 0 fully saturated rings. The molecule has 3 nitrogen and oxygen atoms in total. The lowest BCUT2D eigenvalue weighted by molar-refractivity contribution is -0.0522. The lowest BCUT2D eigenvalue weighted by Gasteiger charge is -2.06. The van der Waals surface area contributed by atoms with Crippen LogP contribution in [0.5, 0.6) is 5.75 Å². The molecule has 0 aliphatic heterocycles. The zero-order valence-corrected chi connectivity index (χ0v) is 8.32. The molecule has 0 N–H and O–H groups in total. The van der Waals surface area contributed by atoms with E-state index < -0.39 is 18.2 Å². The Bertz CT molecular complexity index is 510. The van der Waals surface area contributed by atoms with Crippen LogP contribution in [0, 0.1) is 28.5 Å². The van der Waals surface area contributed by atoms with Gasteiger partial charge in [0.2, 0.25) is 0 Å². The van der Waals surface area contributed by atoms with E-state index in [4.69, 9.17) is 10.5 Å². The molecule has 0 aliphatic carbocycles. The lowest BCUT2D eigenvalue weighted by atomic mass is 10.1. The third-order valence-electron chi connectivity index (χ3n) is 1.75. The van der Waals surface area contributed by atoms with Crippen molar-refractivity contribution in [3.05, 3.63) is 35.2 Å². The van der Waals surface area contributed by atoms with Crippen LogP contribution >= 0.6 is 0 Å². The minimum absolute atomic E-state index is 0.166. The normalized spacial score (nSPS) is 9.29. The Hall–Kier alpha value is -2.47. The van der Waals surface area contributed by atoms with Gasteiger partial charge in [-0.3, -0.25) is 0 Å². The first-order valence-corrected chi connectivity index (χ1v) is 4.33. The Labute approximate surface area is 95.0 Å². The SMILES string of the molecule is N#CC(C#N)=Cc1cccc(OC(F)F)c1F. The average Bonchev–Trinajstić information content (AvgIpc) is 2.30. The van der Waals surface area contributed by atoms with Crippen molar-refractivity contribution >= 4 is 6.08 Å². The molecular formula is C11H5F3N2O. The van der Waals surface area contributed by atoms with E-state index >= 15 is 0 Å². The summed E-state index contributed by atoms with van der Waals surface area (Å²) >= 11 is 0. The predicted octanol–water partition coefficient (Wildman–Crippen LogP) is 2.86. The van der Waals surface area contributed by atoms with Crippen molar-refractivity contribution in [1.29, 1.82) is 10.5 Å². The molecule has 0 radical (unpaired) electrons. The number of alkyl halides is 2. The average molecular weight is 238 g/mol. The third kappa shape index (κ3) is 3.25. The Morgan fingerprint density at radius 2 is 1.94 bits per heavy atom. The van der Waals surface area contributed by atoms with Gasteiger partial charge >= 0.3 is 6.61 Å². The fraction of sp³-hybridized carbons (Fsp3) is 0.0909. The number of hydrogen-bond donors (Lipinski definition) is 0. The first-order valence-electron chi connectivity index (χ1n) is 4.33. The number of rotatable bonds is 3. The van der Waals surface area contributed by atoms with Crippen molar-refractivity contribution in [3.63, 3.8) is 0 Å². The quantitative estimate of drug-likeness (QED) is 0.761. The van der Waals surface area contributed by atoms with Crippen LogP contribution < -0.4 is 4.74 Å². The fourth-order valence-corrected chi connectivity index (χ4v) is 1.07. The molecule has 0 atom stereocenters. The summed E-state index contributed by atoms with van der Waals surface area (Å²) in [5.74, 6) is -1.68. The maximum atomic E-state index is 13.5. The zero-order chi connectivity index (χ0) is 12.8. The Balaban J connectivity index is 3.17. The second-order valence-corrected chi connectivity index (χ2v) is 2.82. The molecule has 0 bridgehead atoms. The monoisotopic (exact) mass is 238 g/mol. The highest BCUT2D eigenvalue weighted by Gasteiger charge is 2.12. The first kappa shape index (κ1) is 12.6. The van der Waals surface area contributed by atoms with Gasteiger partial charge in [0.1, 0.15) is 17.7 Å². The molecule has 1 rings (SSSR count). The van der Waals surface area contributed by atoms with Gasteiger partial charge in [-0.25, -0.2) is 4.39 Å². The summed E-state index contributed by atoms with van der Waals surface area (Å²) in [7, 11) is 0. The van der Waals surface area contributed by atoms with E-state index in [9.17, 15) is 13.2 Å². The molecule has 17 heavy (non-hydrogen) atoms. The van der Waals surface area contributed by atoms with Crippen LogP contribution in [-0.2, 0) is 0 Å². The van der Waals surface area contributed by atoms with Gasteiger partial charge in [-0.15, -0.1) is 0 Å². The van der Waals surface area contributed by atoms with Crippen LogP contribution in [0.15, 0.2) is 23.8 Å². The second-order valence-electron chi connectivity index (χ2n) is 2.82. The standard InChI is InChI=1S/C11H5F3N2O/c12-10-8(4-7(5-15)6-16)2-1-3-9(10)17-11(13)14/h1-4,11H. The minimum atomic E-state index is -3.14. The van der Waals surface area contributed by atoms with Crippen molar-refractivity contribution in [2.24, 2.45) is 0 Å². The smallest absolute Gasteiger partial charge is 0.387 e. The summed E-state index contributed by atoms with van der Waals surface area (Å²) < 4.78 is 41.3. The topological polar surface area (TPSA) is 56.8 Å².